The van der Waals surface area contributed by atoms with E-state index in [1.165, 1.54) is 12.0 Å². The molecule has 1 saturated heterocycles. The molecule has 12 nitrogen and oxygen atoms in total. The fourth-order valence-electron chi connectivity index (χ4n) is 5.72. The second-order valence-electron chi connectivity index (χ2n) is 12.0. The maximum atomic E-state index is 13.7. The molecule has 1 aliphatic rings. The number of nitrogens with two attached hydrogens (primary N) is 2. The van der Waals surface area contributed by atoms with Crippen LogP contribution in [-0.4, -0.2) is 75.0 Å². The molecule has 3 aromatic rings. The van der Waals surface area contributed by atoms with Crippen molar-refractivity contribution in [1.82, 2.24) is 4.90 Å². The van der Waals surface area contributed by atoms with Crippen LogP contribution in [0, 0.1) is 6.92 Å². The molecule has 3 aromatic carbocycles. The number of benzene rings is 3. The summed E-state index contributed by atoms with van der Waals surface area (Å²) in [4.78, 5) is 54.2. The summed E-state index contributed by atoms with van der Waals surface area (Å²) in [5.74, 6) is 0.181. The number of likely N-dealkylation sites (tertiary alicyclic amines) is 1. The zero-order chi connectivity index (χ0) is 35.3. The second kappa shape index (κ2) is 17.9. The van der Waals surface area contributed by atoms with Gasteiger partial charge in [-0.2, -0.15) is 0 Å². The van der Waals surface area contributed by atoms with Gasteiger partial charge >= 0.3 is 0 Å². The van der Waals surface area contributed by atoms with E-state index in [4.69, 9.17) is 25.7 Å². The third-order valence-electron chi connectivity index (χ3n) is 8.41. The molecule has 0 unspecified atom stereocenters. The first-order valence-corrected chi connectivity index (χ1v) is 16.7. The van der Waals surface area contributed by atoms with Crippen LogP contribution in [0.3, 0.4) is 0 Å². The number of para-hydroxylation sites is 1. The summed E-state index contributed by atoms with van der Waals surface area (Å²) in [6.45, 7) is 3.81. The summed E-state index contributed by atoms with van der Waals surface area (Å²) in [6, 6.07) is 16.9. The molecule has 0 saturated carbocycles. The second-order valence-corrected chi connectivity index (χ2v) is 12.0. The van der Waals surface area contributed by atoms with Gasteiger partial charge in [0.05, 0.1) is 37.3 Å². The highest BCUT2D eigenvalue weighted by atomic mass is 16.5. The van der Waals surface area contributed by atoms with E-state index in [-0.39, 0.29) is 17.7 Å². The van der Waals surface area contributed by atoms with Gasteiger partial charge in [-0.25, -0.2) is 0 Å². The number of unbranched alkanes of at least 4 members (excludes halogenated alkanes) is 2. The number of hydrogen-bond donors (Lipinski definition) is 3. The number of ether oxygens (including phenoxy) is 3. The van der Waals surface area contributed by atoms with Crippen LogP contribution in [0.5, 0.6) is 17.2 Å². The molecule has 4 amide bonds. The number of hydrogen-bond acceptors (Lipinski definition) is 8. The summed E-state index contributed by atoms with van der Waals surface area (Å²) < 4.78 is 17.4. The highest BCUT2D eigenvalue weighted by Gasteiger charge is 2.32. The minimum Gasteiger partial charge on any atom is -0.495 e. The Morgan fingerprint density at radius 3 is 2.43 bits per heavy atom. The Bertz CT molecular complexity index is 1630. The average molecular weight is 674 g/mol. The lowest BCUT2D eigenvalue weighted by Crippen LogP contribution is -2.43. The highest BCUT2D eigenvalue weighted by molar-refractivity contribution is 6.09. The van der Waals surface area contributed by atoms with Gasteiger partial charge in [0.1, 0.15) is 23.3 Å². The molecule has 0 radical (unpaired) electrons. The molecule has 0 spiro atoms. The number of nitrogens with zero attached hydrogens (tertiary/aromatic N) is 2. The van der Waals surface area contributed by atoms with Gasteiger partial charge in [0, 0.05) is 25.6 Å². The van der Waals surface area contributed by atoms with E-state index in [0.717, 1.165) is 18.4 Å². The zero-order valence-corrected chi connectivity index (χ0v) is 28.5. The van der Waals surface area contributed by atoms with E-state index in [1.54, 1.807) is 54.4 Å². The molecule has 262 valence electrons. The fraction of sp³-hybridized carbons (Fsp3) is 0.405. The van der Waals surface area contributed by atoms with Gasteiger partial charge in [-0.05, 0) is 100 Å². The molecule has 1 atom stereocenters. The molecule has 0 aromatic heterocycles. The Morgan fingerprint density at radius 1 is 0.918 bits per heavy atom. The van der Waals surface area contributed by atoms with Crippen molar-refractivity contribution in [3.05, 3.63) is 77.4 Å². The lowest BCUT2D eigenvalue weighted by Gasteiger charge is -2.22. The van der Waals surface area contributed by atoms with Crippen molar-refractivity contribution in [2.24, 2.45) is 11.5 Å². The Labute approximate surface area is 287 Å². The van der Waals surface area contributed by atoms with E-state index in [1.807, 2.05) is 25.1 Å². The molecule has 1 heterocycles. The summed E-state index contributed by atoms with van der Waals surface area (Å²) in [5.41, 5.74) is 13.7. The average Bonchev–Trinajstić information content (AvgIpc) is 3.61. The lowest BCUT2D eigenvalue weighted by molar-refractivity contribution is -0.137. The number of nitrogens with one attached hydrogen (secondary N) is 1. The van der Waals surface area contributed by atoms with E-state index in [2.05, 4.69) is 5.32 Å². The first kappa shape index (κ1) is 36.7. The summed E-state index contributed by atoms with van der Waals surface area (Å²) in [5, 5.41) is 2.86. The van der Waals surface area contributed by atoms with Crippen molar-refractivity contribution < 1.29 is 33.4 Å². The molecular formula is C37H47N5O7. The normalized spacial score (nSPS) is 13.9. The van der Waals surface area contributed by atoms with Crippen LogP contribution in [0.15, 0.2) is 60.7 Å². The van der Waals surface area contributed by atoms with Crippen molar-refractivity contribution in [3.8, 4) is 17.2 Å². The zero-order valence-electron chi connectivity index (χ0n) is 28.5. The maximum Gasteiger partial charge on any atom is 0.259 e. The van der Waals surface area contributed by atoms with Crippen molar-refractivity contribution in [2.75, 3.05) is 50.7 Å². The summed E-state index contributed by atoms with van der Waals surface area (Å²) >= 11 is 0. The largest absolute Gasteiger partial charge is 0.495 e. The molecule has 49 heavy (non-hydrogen) atoms. The summed E-state index contributed by atoms with van der Waals surface area (Å²) in [6.07, 6.45) is 4.61. The van der Waals surface area contributed by atoms with Crippen LogP contribution in [0.4, 0.5) is 11.4 Å². The molecule has 1 fully saturated rings. The van der Waals surface area contributed by atoms with Crippen molar-refractivity contribution in [3.63, 3.8) is 0 Å². The molecule has 1 aliphatic heterocycles. The Balaban J connectivity index is 1.36. The van der Waals surface area contributed by atoms with Crippen LogP contribution in [-0.2, 0) is 9.59 Å². The van der Waals surface area contributed by atoms with E-state index in [0.29, 0.717) is 98.2 Å². The van der Waals surface area contributed by atoms with Crippen molar-refractivity contribution in [2.45, 2.75) is 57.9 Å². The van der Waals surface area contributed by atoms with Crippen LogP contribution in [0.25, 0.3) is 0 Å². The fourth-order valence-corrected chi connectivity index (χ4v) is 5.72. The molecular weight excluding hydrogens is 626 g/mol. The minimum atomic E-state index is -0.490. The lowest BCUT2D eigenvalue weighted by atomic mass is 10.1. The maximum absolute atomic E-state index is 13.7. The number of carbonyl (C=O) groups excluding carboxylic acids is 4. The van der Waals surface area contributed by atoms with Gasteiger partial charge in [-0.15, -0.1) is 0 Å². The first-order chi connectivity index (χ1) is 23.6. The number of anilines is 2. The summed E-state index contributed by atoms with van der Waals surface area (Å²) in [7, 11) is 3.14. The van der Waals surface area contributed by atoms with Crippen LogP contribution >= 0.6 is 0 Å². The monoisotopic (exact) mass is 673 g/mol. The standard InChI is InChI=1S/C37H47N5O7/c1-25-15-18-29(33(23-25)49-21-8-4-5-14-34(43)42-20-9-12-30(42)35(39)44)41(2)37(46)26-16-17-28(32(24-26)47-3)40-36(45)27-11-6-7-13-31(27)48-22-10-19-38/h6-7,11,13,15-18,23-24,30H,4-5,8-10,12,14,19-22,38H2,1-3H3,(H2,39,44)(H,40,45)/t30-/m0/s1. The third-order valence-corrected chi connectivity index (χ3v) is 8.41. The predicted octanol–water partition coefficient (Wildman–Crippen LogP) is 4.68. The Hall–Kier alpha value is -5.10. The number of primary amides is 1. The van der Waals surface area contributed by atoms with Gasteiger partial charge in [-0.3, -0.25) is 19.2 Å². The number of amides is 4. The van der Waals surface area contributed by atoms with Crippen LogP contribution in [0.1, 0.15) is 71.2 Å². The SMILES string of the molecule is COc1cc(C(=O)N(C)c2ccc(C)cc2OCCCCCC(=O)N2CCC[C@H]2C(N)=O)ccc1NC(=O)c1ccccc1OCCCN. The smallest absolute Gasteiger partial charge is 0.259 e. The number of methoxy groups -OCH3 is 1. The molecule has 5 N–H and O–H groups in total. The van der Waals surface area contributed by atoms with Crippen LogP contribution in [0.2, 0.25) is 0 Å². The Morgan fingerprint density at radius 2 is 1.67 bits per heavy atom. The molecule has 4 rings (SSSR count). The Kier molecular flexibility index (Phi) is 13.4. The van der Waals surface area contributed by atoms with Gasteiger partial charge in [0.25, 0.3) is 11.8 Å². The molecule has 0 aliphatic carbocycles. The molecule has 0 bridgehead atoms. The van der Waals surface area contributed by atoms with Crippen molar-refractivity contribution in [1.29, 1.82) is 0 Å². The van der Waals surface area contributed by atoms with E-state index >= 15 is 0 Å². The third kappa shape index (κ3) is 9.73. The van der Waals surface area contributed by atoms with E-state index < -0.39 is 11.9 Å². The number of aryl methyl sites for hydroxylation is 1. The van der Waals surface area contributed by atoms with Gasteiger partial charge in [-0.1, -0.05) is 18.2 Å². The number of rotatable bonds is 17. The minimum absolute atomic E-state index is 0.0376. The topological polar surface area (TPSA) is 167 Å². The van der Waals surface area contributed by atoms with Crippen LogP contribution < -0.4 is 35.9 Å². The van der Waals surface area contributed by atoms with Gasteiger partial charge in [0.2, 0.25) is 11.8 Å². The number of carbonyl (C=O) groups is 4. The highest BCUT2D eigenvalue weighted by Crippen LogP contribution is 2.32. The predicted molar refractivity (Wildman–Crippen MR) is 188 cm³/mol. The van der Waals surface area contributed by atoms with Gasteiger partial charge < -0.3 is 40.8 Å². The van der Waals surface area contributed by atoms with Crippen molar-refractivity contribution >= 4 is 35.0 Å². The first-order valence-electron chi connectivity index (χ1n) is 16.7. The van der Waals surface area contributed by atoms with Gasteiger partial charge in [0.15, 0.2) is 0 Å². The van der Waals surface area contributed by atoms with E-state index in [9.17, 15) is 19.2 Å². The molecule has 12 heteroatoms. The quantitative estimate of drug-likeness (QED) is 0.174.